The molecular formula is C28H26O. The maximum absolute atomic E-state index is 13.9. The van der Waals surface area contributed by atoms with Crippen LogP contribution in [-0.2, 0) is 17.6 Å². The van der Waals surface area contributed by atoms with Crippen LogP contribution >= 0.6 is 0 Å². The molecule has 0 aliphatic heterocycles. The first-order valence-electron chi connectivity index (χ1n) is 10.8. The van der Waals surface area contributed by atoms with E-state index in [9.17, 15) is 4.79 Å². The molecule has 0 saturated heterocycles. The number of carbonyl (C=O) groups excluding carboxylic acids is 1. The zero-order valence-corrected chi connectivity index (χ0v) is 16.8. The van der Waals surface area contributed by atoms with Crippen LogP contribution in [0, 0.1) is 0 Å². The molecule has 0 heterocycles. The lowest BCUT2D eigenvalue weighted by atomic mass is 9.79. The summed E-state index contributed by atoms with van der Waals surface area (Å²) >= 11 is 0. The van der Waals surface area contributed by atoms with E-state index in [0.29, 0.717) is 0 Å². The molecule has 1 nitrogen and oxygen atoms in total. The third-order valence-electron chi connectivity index (χ3n) is 6.41. The molecule has 0 amide bonds. The van der Waals surface area contributed by atoms with Crippen LogP contribution in [0.25, 0.3) is 11.1 Å². The Morgan fingerprint density at radius 1 is 0.586 bits per heavy atom. The van der Waals surface area contributed by atoms with Crippen LogP contribution in [0.3, 0.4) is 0 Å². The van der Waals surface area contributed by atoms with Crippen molar-refractivity contribution in [3.8, 4) is 0 Å². The van der Waals surface area contributed by atoms with Gasteiger partial charge in [-0.15, -0.1) is 0 Å². The summed E-state index contributed by atoms with van der Waals surface area (Å²) in [6.45, 7) is 0. The highest BCUT2D eigenvalue weighted by atomic mass is 16.1. The average Bonchev–Trinajstić information content (AvgIpc) is 2.77. The van der Waals surface area contributed by atoms with Crippen LogP contribution in [0.1, 0.15) is 54.4 Å². The van der Waals surface area contributed by atoms with Gasteiger partial charge >= 0.3 is 0 Å². The Balaban J connectivity index is 1.69. The third kappa shape index (κ3) is 3.35. The molecule has 0 radical (unpaired) electrons. The van der Waals surface area contributed by atoms with E-state index in [4.69, 9.17) is 0 Å². The highest BCUT2D eigenvalue weighted by Gasteiger charge is 2.26. The number of carbonyl (C=O) groups is 1. The number of hydrogen-bond donors (Lipinski definition) is 0. The van der Waals surface area contributed by atoms with Gasteiger partial charge in [0.15, 0.2) is 5.78 Å². The van der Waals surface area contributed by atoms with Crippen molar-refractivity contribution < 1.29 is 4.79 Å². The first-order chi connectivity index (χ1) is 14.3. The van der Waals surface area contributed by atoms with E-state index in [1.807, 2.05) is 0 Å². The van der Waals surface area contributed by atoms with Gasteiger partial charge in [-0.2, -0.15) is 0 Å². The summed E-state index contributed by atoms with van der Waals surface area (Å²) in [6.07, 6.45) is 15.8. The fraction of sp³-hybridized carbons (Fsp3) is 0.250. The minimum atomic E-state index is 0.261. The summed E-state index contributed by atoms with van der Waals surface area (Å²) in [5, 5.41) is 0. The Morgan fingerprint density at radius 2 is 1.07 bits per heavy atom. The van der Waals surface area contributed by atoms with E-state index in [1.54, 1.807) is 0 Å². The Labute approximate surface area is 173 Å². The lowest BCUT2D eigenvalue weighted by molar-refractivity contribution is -0.112. The Bertz CT molecular complexity index is 1010. The lowest BCUT2D eigenvalue weighted by Gasteiger charge is -2.24. The van der Waals surface area contributed by atoms with Gasteiger partial charge < -0.3 is 0 Å². The number of benzene rings is 2. The SMILES string of the molecule is O=C1/C(=C2/C=CCc3ccccc32)CCCCC/C1=C1/C=CCc2ccccc21. The maximum atomic E-state index is 13.9. The molecule has 3 aliphatic carbocycles. The van der Waals surface area contributed by atoms with Crippen molar-refractivity contribution in [2.24, 2.45) is 0 Å². The minimum Gasteiger partial charge on any atom is -0.289 e. The first kappa shape index (κ1) is 18.1. The molecule has 5 rings (SSSR count). The molecule has 1 saturated carbocycles. The molecule has 29 heavy (non-hydrogen) atoms. The second-order valence-electron chi connectivity index (χ2n) is 8.20. The predicted molar refractivity (Wildman–Crippen MR) is 121 cm³/mol. The van der Waals surface area contributed by atoms with Crippen LogP contribution in [0.15, 0.2) is 84.0 Å². The standard InChI is InChI=1S/C28H26O/c29-28-26(24-18-8-12-20-10-4-6-14-22(20)24)16-2-1-3-17-27(28)25-19-9-13-21-11-5-7-15-23(21)25/h4-11,14-15,18-19H,1-3,12-13,16-17H2/b26-24-,27-25+. The highest BCUT2D eigenvalue weighted by Crippen LogP contribution is 2.38. The van der Waals surface area contributed by atoms with Crippen LogP contribution in [0.2, 0.25) is 0 Å². The highest BCUT2D eigenvalue weighted by molar-refractivity contribution is 6.18. The summed E-state index contributed by atoms with van der Waals surface area (Å²) in [4.78, 5) is 13.9. The molecule has 0 aromatic heterocycles. The van der Waals surface area contributed by atoms with Gasteiger partial charge in [-0.1, -0.05) is 79.3 Å². The monoisotopic (exact) mass is 378 g/mol. The number of hydrogen-bond acceptors (Lipinski definition) is 1. The van der Waals surface area contributed by atoms with E-state index in [2.05, 4.69) is 72.8 Å². The number of Topliss-reactive ketones (excluding diaryl/α,β-unsaturated/α-hetero) is 1. The van der Waals surface area contributed by atoms with Crippen LogP contribution in [-0.4, -0.2) is 5.78 Å². The molecule has 0 bridgehead atoms. The van der Waals surface area contributed by atoms with Gasteiger partial charge in [0.2, 0.25) is 0 Å². The van der Waals surface area contributed by atoms with Crippen molar-refractivity contribution in [1.82, 2.24) is 0 Å². The molecule has 144 valence electrons. The first-order valence-corrected chi connectivity index (χ1v) is 10.8. The molecule has 0 atom stereocenters. The second-order valence-corrected chi connectivity index (χ2v) is 8.20. The number of allylic oxidation sites excluding steroid dienone is 8. The van der Waals surface area contributed by atoms with Gasteiger partial charge in [-0.05, 0) is 71.9 Å². The minimum absolute atomic E-state index is 0.261. The molecular weight excluding hydrogens is 352 g/mol. The zero-order valence-electron chi connectivity index (χ0n) is 16.8. The normalized spacial score (nSPS) is 23.9. The number of ketones is 1. The van der Waals surface area contributed by atoms with Gasteiger partial charge in [0.05, 0.1) is 0 Å². The van der Waals surface area contributed by atoms with Crippen molar-refractivity contribution >= 4 is 16.9 Å². The molecule has 3 aliphatic rings. The van der Waals surface area contributed by atoms with Gasteiger partial charge in [0.25, 0.3) is 0 Å². The van der Waals surface area contributed by atoms with E-state index in [1.165, 1.54) is 28.7 Å². The van der Waals surface area contributed by atoms with Gasteiger partial charge in [0.1, 0.15) is 0 Å². The van der Waals surface area contributed by atoms with E-state index in [-0.39, 0.29) is 5.78 Å². The molecule has 0 unspecified atom stereocenters. The van der Waals surface area contributed by atoms with Gasteiger partial charge in [-0.3, -0.25) is 4.79 Å². The van der Waals surface area contributed by atoms with E-state index >= 15 is 0 Å². The number of rotatable bonds is 0. The molecule has 0 spiro atoms. The van der Waals surface area contributed by atoms with E-state index < -0.39 is 0 Å². The zero-order chi connectivity index (χ0) is 19.6. The second kappa shape index (κ2) is 7.83. The molecule has 2 aromatic rings. The van der Waals surface area contributed by atoms with Gasteiger partial charge in [0, 0.05) is 11.1 Å². The van der Waals surface area contributed by atoms with Crippen molar-refractivity contribution in [3.63, 3.8) is 0 Å². The fourth-order valence-electron chi connectivity index (χ4n) is 4.94. The average molecular weight is 379 g/mol. The molecule has 0 N–H and O–H groups in total. The molecule has 1 fully saturated rings. The summed E-state index contributed by atoms with van der Waals surface area (Å²) < 4.78 is 0. The summed E-state index contributed by atoms with van der Waals surface area (Å²) in [5.74, 6) is 0.261. The largest absolute Gasteiger partial charge is 0.289 e. The predicted octanol–water partition coefficient (Wildman–Crippen LogP) is 6.65. The summed E-state index contributed by atoms with van der Waals surface area (Å²) in [6, 6.07) is 17.1. The lowest BCUT2D eigenvalue weighted by Crippen LogP contribution is -2.15. The van der Waals surface area contributed by atoms with Crippen molar-refractivity contribution in [2.45, 2.75) is 44.9 Å². The van der Waals surface area contributed by atoms with Gasteiger partial charge in [-0.25, -0.2) is 0 Å². The Morgan fingerprint density at radius 3 is 1.59 bits per heavy atom. The van der Waals surface area contributed by atoms with Crippen LogP contribution in [0.4, 0.5) is 0 Å². The third-order valence-corrected chi connectivity index (χ3v) is 6.41. The fourth-order valence-corrected chi connectivity index (χ4v) is 4.94. The van der Waals surface area contributed by atoms with Crippen molar-refractivity contribution in [1.29, 1.82) is 0 Å². The Hall–Kier alpha value is -2.93. The summed E-state index contributed by atoms with van der Waals surface area (Å²) in [5.41, 5.74) is 9.42. The molecule has 2 aromatic carbocycles. The van der Waals surface area contributed by atoms with E-state index in [0.717, 1.165) is 60.8 Å². The smallest absolute Gasteiger partial charge is 0.186 e. The molecule has 1 heteroatoms. The van der Waals surface area contributed by atoms with Crippen LogP contribution < -0.4 is 0 Å². The Kier molecular flexibility index (Phi) is 4.89. The van der Waals surface area contributed by atoms with Crippen molar-refractivity contribution in [2.75, 3.05) is 0 Å². The maximum Gasteiger partial charge on any atom is 0.186 e. The van der Waals surface area contributed by atoms with Crippen LogP contribution in [0.5, 0.6) is 0 Å². The summed E-state index contributed by atoms with van der Waals surface area (Å²) in [7, 11) is 0. The quantitative estimate of drug-likeness (QED) is 0.469. The van der Waals surface area contributed by atoms with Crippen molar-refractivity contribution in [3.05, 3.63) is 106 Å². The number of fused-ring (bicyclic) bond motifs is 2. The topological polar surface area (TPSA) is 17.1 Å².